The van der Waals surface area contributed by atoms with E-state index >= 15 is 0 Å². The highest BCUT2D eigenvalue weighted by atomic mass is 35.5. The third-order valence-corrected chi connectivity index (χ3v) is 6.48. The first-order valence-corrected chi connectivity index (χ1v) is 11.6. The first kappa shape index (κ1) is 21.3. The Kier molecular flexibility index (Phi) is 7.04. The van der Waals surface area contributed by atoms with Crippen molar-refractivity contribution in [3.8, 4) is 0 Å². The summed E-state index contributed by atoms with van der Waals surface area (Å²) in [5.41, 5.74) is 1.89. The van der Waals surface area contributed by atoms with Crippen LogP contribution in [0.4, 0.5) is 17.5 Å². The Morgan fingerprint density at radius 2 is 1.73 bits per heavy atom. The molecule has 0 atom stereocenters. The molecule has 1 saturated heterocycles. The van der Waals surface area contributed by atoms with Gasteiger partial charge in [0.15, 0.2) is 0 Å². The number of para-hydroxylation sites is 1. The van der Waals surface area contributed by atoms with E-state index in [0.29, 0.717) is 10.0 Å². The van der Waals surface area contributed by atoms with E-state index in [9.17, 15) is 0 Å². The minimum Gasteiger partial charge on any atom is -0.368 e. The highest BCUT2D eigenvalue weighted by Gasteiger charge is 2.19. The molecule has 2 aromatic carbocycles. The van der Waals surface area contributed by atoms with Crippen LogP contribution in [0.3, 0.4) is 0 Å². The quantitative estimate of drug-likeness (QED) is 0.383. The summed E-state index contributed by atoms with van der Waals surface area (Å²) in [4.78, 5) is 14.1. The molecule has 0 unspecified atom stereocenters. The molecule has 0 amide bonds. The van der Waals surface area contributed by atoms with Gasteiger partial charge >= 0.3 is 0 Å². The Morgan fingerprint density at radius 1 is 1.00 bits per heavy atom. The monoisotopic (exact) mass is 462 g/mol. The van der Waals surface area contributed by atoms with E-state index in [-0.39, 0.29) is 0 Å². The number of benzene rings is 2. The molecule has 1 aliphatic heterocycles. The predicted molar refractivity (Wildman–Crippen MR) is 130 cm³/mol. The summed E-state index contributed by atoms with van der Waals surface area (Å²) in [7, 11) is 2.13. The molecule has 2 heterocycles. The van der Waals surface area contributed by atoms with Crippen LogP contribution in [0, 0.1) is 0 Å². The summed E-state index contributed by atoms with van der Waals surface area (Å²) in [5, 5.41) is 5.34. The normalized spacial score (nSPS) is 14.8. The molecular weight excluding hydrogens is 439 g/mol. The predicted octanol–water partition coefficient (Wildman–Crippen LogP) is 4.86. The van der Waals surface area contributed by atoms with Gasteiger partial charge in [0.2, 0.25) is 5.95 Å². The molecule has 4 rings (SSSR count). The number of fused-ring (bicyclic) bond motifs is 1. The number of halogens is 2. The minimum atomic E-state index is 0.501. The molecule has 9 heteroatoms. The van der Waals surface area contributed by atoms with Crippen LogP contribution in [0.5, 0.6) is 0 Å². The zero-order valence-electron chi connectivity index (χ0n) is 16.7. The van der Waals surface area contributed by atoms with Gasteiger partial charge in [0.05, 0.1) is 15.6 Å². The summed E-state index contributed by atoms with van der Waals surface area (Å²) < 4.78 is 3.34. The van der Waals surface area contributed by atoms with Crippen molar-refractivity contribution in [2.45, 2.75) is 0 Å². The Hall–Kier alpha value is -1.93. The van der Waals surface area contributed by atoms with E-state index < -0.39 is 0 Å². The van der Waals surface area contributed by atoms with Crippen molar-refractivity contribution < 1.29 is 0 Å². The van der Waals surface area contributed by atoms with Gasteiger partial charge in [0.25, 0.3) is 0 Å². The largest absolute Gasteiger partial charge is 0.368 e. The Balaban J connectivity index is 1.49. The van der Waals surface area contributed by atoms with Crippen molar-refractivity contribution >= 4 is 63.5 Å². The molecule has 0 aliphatic carbocycles. The van der Waals surface area contributed by atoms with Gasteiger partial charge in [0.1, 0.15) is 5.82 Å². The molecule has 2 N–H and O–H groups in total. The zero-order valence-corrected chi connectivity index (χ0v) is 19.1. The standard InChI is InChI=1S/C21H24Cl2N6S/c1-28-8-10-29(11-9-28)21-25-19-14-18(23)17(22)13-16(19)20(26-21)24-7-12-30-27-15-5-3-2-4-6-15/h2-6,13-14,27H,7-12H2,1H3,(H,24,25,26). The van der Waals surface area contributed by atoms with Crippen LogP contribution in [0.1, 0.15) is 0 Å². The van der Waals surface area contributed by atoms with E-state index in [1.54, 1.807) is 11.9 Å². The number of nitrogens with one attached hydrogen (secondary N) is 2. The minimum absolute atomic E-state index is 0.501. The van der Waals surface area contributed by atoms with E-state index in [1.165, 1.54) is 0 Å². The number of aromatic nitrogens is 2. The third kappa shape index (κ3) is 5.21. The second-order valence-corrected chi connectivity index (χ2v) is 8.90. The van der Waals surface area contributed by atoms with Gasteiger partial charge in [-0.1, -0.05) is 53.3 Å². The van der Waals surface area contributed by atoms with Crippen molar-refractivity contribution in [1.82, 2.24) is 14.9 Å². The molecule has 1 fully saturated rings. The molecule has 3 aromatic rings. The van der Waals surface area contributed by atoms with Gasteiger partial charge in [-0.05, 0) is 31.3 Å². The lowest BCUT2D eigenvalue weighted by atomic mass is 10.2. The van der Waals surface area contributed by atoms with Crippen LogP contribution in [0.25, 0.3) is 10.9 Å². The Morgan fingerprint density at radius 3 is 2.50 bits per heavy atom. The lowest BCUT2D eigenvalue weighted by Gasteiger charge is -2.32. The summed E-state index contributed by atoms with van der Waals surface area (Å²) in [6.07, 6.45) is 0. The first-order valence-electron chi connectivity index (χ1n) is 9.87. The molecule has 0 bridgehead atoms. The highest BCUT2D eigenvalue weighted by Crippen LogP contribution is 2.32. The fraction of sp³-hybridized carbons (Fsp3) is 0.333. The molecule has 0 saturated carbocycles. The second-order valence-electron chi connectivity index (χ2n) is 7.19. The van der Waals surface area contributed by atoms with Crippen molar-refractivity contribution in [2.75, 3.05) is 60.5 Å². The smallest absolute Gasteiger partial charge is 0.227 e. The molecule has 6 nitrogen and oxygen atoms in total. The van der Waals surface area contributed by atoms with Gasteiger partial charge in [-0.3, -0.25) is 0 Å². The molecule has 158 valence electrons. The van der Waals surface area contributed by atoms with Gasteiger partial charge < -0.3 is 19.8 Å². The molecule has 30 heavy (non-hydrogen) atoms. The van der Waals surface area contributed by atoms with Crippen molar-refractivity contribution in [3.63, 3.8) is 0 Å². The van der Waals surface area contributed by atoms with Gasteiger partial charge in [-0.2, -0.15) is 4.98 Å². The van der Waals surface area contributed by atoms with Crippen LogP contribution < -0.4 is 14.9 Å². The number of nitrogens with zero attached hydrogens (tertiary/aromatic N) is 4. The van der Waals surface area contributed by atoms with Crippen LogP contribution in [-0.4, -0.2) is 60.4 Å². The Labute approximate surface area is 191 Å². The maximum absolute atomic E-state index is 6.27. The second kappa shape index (κ2) is 9.92. The molecule has 1 aromatic heterocycles. The van der Waals surface area contributed by atoms with Crippen molar-refractivity contribution in [2.24, 2.45) is 0 Å². The van der Waals surface area contributed by atoms with E-state index in [0.717, 1.165) is 66.8 Å². The lowest BCUT2D eigenvalue weighted by Crippen LogP contribution is -2.45. The van der Waals surface area contributed by atoms with Crippen molar-refractivity contribution in [3.05, 3.63) is 52.5 Å². The maximum atomic E-state index is 6.27. The zero-order chi connectivity index (χ0) is 20.9. The van der Waals surface area contributed by atoms with Gasteiger partial charge in [-0.25, -0.2) is 4.98 Å². The third-order valence-electron chi connectivity index (χ3n) is 4.97. The Bertz CT molecular complexity index is 996. The molecule has 0 radical (unpaired) electrons. The van der Waals surface area contributed by atoms with Crippen LogP contribution in [0.2, 0.25) is 10.0 Å². The number of likely N-dealkylation sites (N-methyl/N-ethyl adjacent to an activating group) is 1. The number of piperazine rings is 1. The summed E-state index contributed by atoms with van der Waals surface area (Å²) in [6, 6.07) is 13.8. The fourth-order valence-corrected chi connectivity index (χ4v) is 4.19. The average Bonchev–Trinajstić information content (AvgIpc) is 2.75. The fourth-order valence-electron chi connectivity index (χ4n) is 3.26. The average molecular weight is 463 g/mol. The van der Waals surface area contributed by atoms with Crippen LogP contribution >= 0.6 is 35.1 Å². The number of rotatable bonds is 7. The molecule has 0 spiro atoms. The summed E-state index contributed by atoms with van der Waals surface area (Å²) >= 11 is 14.2. The maximum Gasteiger partial charge on any atom is 0.227 e. The van der Waals surface area contributed by atoms with Crippen LogP contribution in [0.15, 0.2) is 42.5 Å². The molecular formula is C21H24Cl2N6S. The number of hydrogen-bond acceptors (Lipinski definition) is 7. The molecule has 1 aliphatic rings. The van der Waals surface area contributed by atoms with Gasteiger partial charge in [0, 0.05) is 49.6 Å². The van der Waals surface area contributed by atoms with E-state index in [2.05, 4.69) is 26.9 Å². The van der Waals surface area contributed by atoms with Crippen LogP contribution in [-0.2, 0) is 0 Å². The van der Waals surface area contributed by atoms with E-state index in [4.69, 9.17) is 33.2 Å². The van der Waals surface area contributed by atoms with Crippen molar-refractivity contribution in [1.29, 1.82) is 0 Å². The SMILES string of the molecule is CN1CCN(c2nc(NCCSNc3ccccc3)c3cc(Cl)c(Cl)cc3n2)CC1. The lowest BCUT2D eigenvalue weighted by molar-refractivity contribution is 0.311. The summed E-state index contributed by atoms with van der Waals surface area (Å²) in [5.74, 6) is 2.38. The number of hydrogen-bond donors (Lipinski definition) is 2. The van der Waals surface area contributed by atoms with Gasteiger partial charge in [-0.15, -0.1) is 0 Å². The number of anilines is 3. The summed E-state index contributed by atoms with van der Waals surface area (Å²) in [6.45, 7) is 4.54. The highest BCUT2D eigenvalue weighted by molar-refractivity contribution is 8.00. The van der Waals surface area contributed by atoms with E-state index in [1.807, 2.05) is 42.5 Å². The topological polar surface area (TPSA) is 56.3 Å². The first-order chi connectivity index (χ1) is 14.6.